The predicted octanol–water partition coefficient (Wildman–Crippen LogP) is 4.52. The summed E-state index contributed by atoms with van der Waals surface area (Å²) in [7, 11) is 0. The van der Waals surface area contributed by atoms with E-state index in [9.17, 15) is 0 Å². The van der Waals surface area contributed by atoms with Gasteiger partial charge in [0.25, 0.3) is 0 Å². The number of nitrogens with one attached hydrogen (secondary N) is 1. The van der Waals surface area contributed by atoms with E-state index >= 15 is 0 Å². The first-order valence-electron chi connectivity index (χ1n) is 7.62. The Morgan fingerprint density at radius 3 is 2.80 bits per heavy atom. The summed E-state index contributed by atoms with van der Waals surface area (Å²) in [5.41, 5.74) is 1.30. The van der Waals surface area contributed by atoms with E-state index in [4.69, 9.17) is 23.2 Å². The highest BCUT2D eigenvalue weighted by Crippen LogP contribution is 2.31. The molecule has 0 radical (unpaired) electrons. The van der Waals surface area contributed by atoms with Gasteiger partial charge in [0.05, 0.1) is 10.0 Å². The molecule has 2 rings (SSSR count). The summed E-state index contributed by atoms with van der Waals surface area (Å²) in [6, 6.07) is 6.56. The van der Waals surface area contributed by atoms with Gasteiger partial charge in [0.15, 0.2) is 0 Å². The Hall–Kier alpha value is -0.280. The Bertz CT molecular complexity index is 415. The molecule has 0 bridgehead atoms. The number of rotatable bonds is 5. The molecule has 2 nitrogen and oxygen atoms in total. The van der Waals surface area contributed by atoms with Crippen LogP contribution in [0.2, 0.25) is 10.0 Å². The van der Waals surface area contributed by atoms with E-state index < -0.39 is 0 Å². The van der Waals surface area contributed by atoms with Crippen LogP contribution in [0.25, 0.3) is 0 Å². The molecule has 1 saturated heterocycles. The van der Waals surface area contributed by atoms with Gasteiger partial charge in [-0.2, -0.15) is 0 Å². The molecule has 1 aromatic rings. The second kappa shape index (κ2) is 8.23. The molecule has 1 aliphatic heterocycles. The smallest absolute Gasteiger partial charge is 0.0595 e. The lowest BCUT2D eigenvalue weighted by atomic mass is 9.99. The highest BCUT2D eigenvalue weighted by Gasteiger charge is 2.21. The summed E-state index contributed by atoms with van der Waals surface area (Å²) in [6.45, 7) is 6.70. The van der Waals surface area contributed by atoms with Crippen molar-refractivity contribution in [2.45, 2.75) is 38.6 Å². The highest BCUT2D eigenvalue weighted by atomic mass is 35.5. The number of halogens is 2. The normalized spacial score (nSPS) is 18.8. The minimum absolute atomic E-state index is 0.463. The van der Waals surface area contributed by atoms with Crippen molar-refractivity contribution < 1.29 is 0 Å². The number of unbranched alkanes of at least 4 members (excludes halogenated alkanes) is 1. The van der Waals surface area contributed by atoms with E-state index in [0.29, 0.717) is 16.1 Å². The molecule has 1 aliphatic rings. The number of benzene rings is 1. The number of hydrogen-bond acceptors (Lipinski definition) is 2. The van der Waals surface area contributed by atoms with Crippen LogP contribution in [-0.4, -0.2) is 31.1 Å². The molecule has 112 valence electrons. The first kappa shape index (κ1) is 16.1. The van der Waals surface area contributed by atoms with Crippen molar-refractivity contribution in [3.05, 3.63) is 33.8 Å². The third-order valence-electron chi connectivity index (χ3n) is 3.97. The van der Waals surface area contributed by atoms with E-state index in [1.807, 2.05) is 12.1 Å². The van der Waals surface area contributed by atoms with Crippen molar-refractivity contribution >= 4 is 23.2 Å². The van der Waals surface area contributed by atoms with Crippen LogP contribution in [0.15, 0.2) is 18.2 Å². The Morgan fingerprint density at radius 1 is 1.20 bits per heavy atom. The van der Waals surface area contributed by atoms with Crippen LogP contribution < -0.4 is 5.32 Å². The maximum atomic E-state index is 6.20. The second-order valence-electron chi connectivity index (χ2n) is 5.47. The highest BCUT2D eigenvalue weighted by molar-refractivity contribution is 6.42. The zero-order valence-electron chi connectivity index (χ0n) is 12.2. The molecule has 0 saturated carbocycles. The van der Waals surface area contributed by atoms with Crippen molar-refractivity contribution in [1.82, 2.24) is 10.2 Å². The third kappa shape index (κ3) is 4.36. The van der Waals surface area contributed by atoms with Gasteiger partial charge in [0.2, 0.25) is 0 Å². The zero-order chi connectivity index (χ0) is 14.4. The fourth-order valence-electron chi connectivity index (χ4n) is 2.86. The predicted molar refractivity (Wildman–Crippen MR) is 87.8 cm³/mol. The van der Waals surface area contributed by atoms with Crippen LogP contribution in [0.5, 0.6) is 0 Å². The molecule has 0 aromatic heterocycles. The molecular formula is C16H24Cl2N2. The topological polar surface area (TPSA) is 15.3 Å². The first-order valence-corrected chi connectivity index (χ1v) is 8.37. The van der Waals surface area contributed by atoms with Gasteiger partial charge in [-0.15, -0.1) is 0 Å². The lowest BCUT2D eigenvalue weighted by Crippen LogP contribution is -2.32. The number of nitrogens with zero attached hydrogens (tertiary/aromatic N) is 1. The van der Waals surface area contributed by atoms with Crippen molar-refractivity contribution in [2.24, 2.45) is 0 Å². The zero-order valence-corrected chi connectivity index (χ0v) is 13.7. The van der Waals surface area contributed by atoms with Gasteiger partial charge < -0.3 is 5.32 Å². The third-order valence-corrected chi connectivity index (χ3v) is 4.71. The van der Waals surface area contributed by atoms with Crippen LogP contribution in [0, 0.1) is 0 Å². The summed E-state index contributed by atoms with van der Waals surface area (Å²) in [5, 5.41) is 4.78. The Kier molecular flexibility index (Phi) is 6.63. The van der Waals surface area contributed by atoms with Crippen molar-refractivity contribution in [1.29, 1.82) is 0 Å². The molecule has 0 spiro atoms. The van der Waals surface area contributed by atoms with Crippen molar-refractivity contribution in [2.75, 3.05) is 26.2 Å². The van der Waals surface area contributed by atoms with Gasteiger partial charge in [-0.1, -0.05) is 49.0 Å². The largest absolute Gasteiger partial charge is 0.315 e. The lowest BCUT2D eigenvalue weighted by Gasteiger charge is -2.31. The Labute approximate surface area is 132 Å². The molecule has 0 amide bonds. The number of hydrogen-bond donors (Lipinski definition) is 1. The Morgan fingerprint density at radius 2 is 2.05 bits per heavy atom. The van der Waals surface area contributed by atoms with Crippen LogP contribution in [0.1, 0.15) is 44.2 Å². The lowest BCUT2D eigenvalue weighted by molar-refractivity contribution is 0.197. The van der Waals surface area contributed by atoms with E-state index in [1.54, 1.807) is 0 Å². The molecule has 1 atom stereocenters. The maximum absolute atomic E-state index is 6.20. The van der Waals surface area contributed by atoms with Gasteiger partial charge in [-0.25, -0.2) is 0 Å². The molecule has 1 fully saturated rings. The second-order valence-corrected chi connectivity index (χ2v) is 6.29. The molecule has 1 unspecified atom stereocenters. The minimum Gasteiger partial charge on any atom is -0.315 e. The average Bonchev–Trinajstić information content (AvgIpc) is 2.72. The monoisotopic (exact) mass is 314 g/mol. The van der Waals surface area contributed by atoms with E-state index in [2.05, 4.69) is 23.2 Å². The molecule has 4 heteroatoms. The average molecular weight is 315 g/mol. The molecule has 1 N–H and O–H groups in total. The van der Waals surface area contributed by atoms with Gasteiger partial charge in [-0.05, 0) is 37.1 Å². The fourth-order valence-corrected chi connectivity index (χ4v) is 3.16. The van der Waals surface area contributed by atoms with Crippen LogP contribution in [0.4, 0.5) is 0 Å². The van der Waals surface area contributed by atoms with Gasteiger partial charge >= 0.3 is 0 Å². The summed E-state index contributed by atoms with van der Waals surface area (Å²) in [6.07, 6.45) is 4.87. The molecule has 1 heterocycles. The summed E-state index contributed by atoms with van der Waals surface area (Å²) < 4.78 is 0. The van der Waals surface area contributed by atoms with Gasteiger partial charge in [-0.3, -0.25) is 4.90 Å². The fraction of sp³-hybridized carbons (Fsp3) is 0.625. The van der Waals surface area contributed by atoms with E-state index in [1.165, 1.54) is 31.2 Å². The Balaban J connectivity index is 2.18. The quantitative estimate of drug-likeness (QED) is 0.859. The van der Waals surface area contributed by atoms with Crippen LogP contribution >= 0.6 is 23.2 Å². The van der Waals surface area contributed by atoms with Gasteiger partial charge in [0, 0.05) is 25.7 Å². The van der Waals surface area contributed by atoms with Crippen molar-refractivity contribution in [3.8, 4) is 0 Å². The molecular weight excluding hydrogens is 291 g/mol. The van der Waals surface area contributed by atoms with Gasteiger partial charge in [0.1, 0.15) is 0 Å². The van der Waals surface area contributed by atoms with E-state index in [-0.39, 0.29) is 0 Å². The SMILES string of the molecule is CCCCC(c1ccc(Cl)c(Cl)c1)N1CCCNCC1. The van der Waals surface area contributed by atoms with Crippen LogP contribution in [0.3, 0.4) is 0 Å². The maximum Gasteiger partial charge on any atom is 0.0595 e. The summed E-state index contributed by atoms with van der Waals surface area (Å²) in [5.74, 6) is 0. The van der Waals surface area contributed by atoms with Crippen LogP contribution in [-0.2, 0) is 0 Å². The standard InChI is InChI=1S/C16H24Cl2N2/c1-2-3-5-16(20-10-4-8-19-9-11-20)13-6-7-14(17)15(18)12-13/h6-7,12,16,19H,2-5,8-11H2,1H3. The van der Waals surface area contributed by atoms with Crippen molar-refractivity contribution in [3.63, 3.8) is 0 Å². The summed E-state index contributed by atoms with van der Waals surface area (Å²) >= 11 is 12.2. The molecule has 20 heavy (non-hydrogen) atoms. The molecule has 1 aromatic carbocycles. The molecule has 0 aliphatic carbocycles. The summed E-state index contributed by atoms with van der Waals surface area (Å²) in [4.78, 5) is 2.59. The minimum atomic E-state index is 0.463. The first-order chi connectivity index (χ1) is 9.72. The van der Waals surface area contributed by atoms with E-state index in [0.717, 1.165) is 26.2 Å².